The van der Waals surface area contributed by atoms with Crippen molar-refractivity contribution in [2.45, 2.75) is 19.4 Å². The van der Waals surface area contributed by atoms with Crippen molar-refractivity contribution in [3.8, 4) is 11.5 Å². The summed E-state index contributed by atoms with van der Waals surface area (Å²) in [6.07, 6.45) is 1.80. The largest absolute Gasteiger partial charge is 0.497 e. The van der Waals surface area contributed by atoms with Gasteiger partial charge in [0.2, 0.25) is 0 Å². The number of carbonyl (C=O) groups is 1. The number of nitrogens with one attached hydrogen (secondary N) is 1. The number of methoxy groups -OCH3 is 2. The molecule has 1 N–H and O–H groups in total. The number of benzene rings is 2. The monoisotopic (exact) mass is 326 g/mol. The van der Waals surface area contributed by atoms with Gasteiger partial charge in [-0.2, -0.15) is 0 Å². The van der Waals surface area contributed by atoms with Gasteiger partial charge in [0.05, 0.1) is 19.9 Å². The Morgan fingerprint density at radius 2 is 1.96 bits per heavy atom. The van der Waals surface area contributed by atoms with Gasteiger partial charge in [0.1, 0.15) is 11.5 Å². The fraction of sp³-hybridized carbons (Fsp3) is 0.316. The second kappa shape index (κ2) is 7.25. The fourth-order valence-corrected chi connectivity index (χ4v) is 3.01. The average Bonchev–Trinajstić information content (AvgIpc) is 2.65. The Morgan fingerprint density at radius 3 is 2.67 bits per heavy atom. The predicted octanol–water partition coefficient (Wildman–Crippen LogP) is 3.37. The van der Waals surface area contributed by atoms with E-state index in [4.69, 9.17) is 9.47 Å². The summed E-state index contributed by atoms with van der Waals surface area (Å²) < 4.78 is 10.8. The Hall–Kier alpha value is -2.69. The lowest BCUT2D eigenvalue weighted by Gasteiger charge is -2.31. The van der Waals surface area contributed by atoms with Gasteiger partial charge in [0, 0.05) is 30.8 Å². The van der Waals surface area contributed by atoms with Crippen LogP contribution in [0.25, 0.3) is 0 Å². The number of carbonyl (C=O) groups excluding carboxylic acids is 1. The molecule has 0 saturated carbocycles. The van der Waals surface area contributed by atoms with Gasteiger partial charge in [-0.15, -0.1) is 0 Å². The lowest BCUT2D eigenvalue weighted by Crippen LogP contribution is -2.42. The summed E-state index contributed by atoms with van der Waals surface area (Å²) >= 11 is 0. The standard InChI is InChI=1S/C19H22N2O3/c1-23-15-11-17-16(18(12-15)24-2)9-6-10-21(17)19(22)20-13-14-7-4-3-5-8-14/h3-5,7-8,11-12H,6,9-10,13H2,1-2H3,(H,20,22). The Balaban J connectivity index is 1.81. The van der Waals surface area contributed by atoms with E-state index in [0.717, 1.165) is 35.4 Å². The summed E-state index contributed by atoms with van der Waals surface area (Å²) in [6, 6.07) is 13.6. The number of urea groups is 1. The summed E-state index contributed by atoms with van der Waals surface area (Å²) in [7, 11) is 3.26. The molecule has 1 heterocycles. The number of rotatable bonds is 4. The molecular weight excluding hydrogens is 304 g/mol. The van der Waals surface area contributed by atoms with Crippen molar-refractivity contribution >= 4 is 11.7 Å². The first kappa shape index (κ1) is 16.2. The van der Waals surface area contributed by atoms with Crippen LogP contribution in [-0.4, -0.2) is 26.8 Å². The topological polar surface area (TPSA) is 50.8 Å². The summed E-state index contributed by atoms with van der Waals surface area (Å²) in [6.45, 7) is 1.19. The van der Waals surface area contributed by atoms with E-state index >= 15 is 0 Å². The third-order valence-electron chi connectivity index (χ3n) is 4.25. The van der Waals surface area contributed by atoms with Gasteiger partial charge in [-0.3, -0.25) is 4.90 Å². The molecule has 0 aromatic heterocycles. The number of amides is 2. The molecule has 2 aromatic rings. The Morgan fingerprint density at radius 1 is 1.17 bits per heavy atom. The van der Waals surface area contributed by atoms with E-state index in [1.54, 1.807) is 19.1 Å². The highest BCUT2D eigenvalue weighted by atomic mass is 16.5. The molecule has 0 unspecified atom stereocenters. The molecule has 1 aliphatic rings. The van der Waals surface area contributed by atoms with E-state index < -0.39 is 0 Å². The van der Waals surface area contributed by atoms with Gasteiger partial charge in [0.15, 0.2) is 0 Å². The summed E-state index contributed by atoms with van der Waals surface area (Å²) in [5, 5.41) is 2.99. The number of fused-ring (bicyclic) bond motifs is 1. The number of ether oxygens (including phenoxy) is 2. The Bertz CT molecular complexity index is 716. The van der Waals surface area contributed by atoms with Crippen molar-refractivity contribution < 1.29 is 14.3 Å². The van der Waals surface area contributed by atoms with Gasteiger partial charge in [0.25, 0.3) is 0 Å². The smallest absolute Gasteiger partial charge is 0.322 e. The quantitative estimate of drug-likeness (QED) is 0.937. The molecule has 0 fully saturated rings. The minimum absolute atomic E-state index is 0.102. The predicted molar refractivity (Wildman–Crippen MR) is 93.9 cm³/mol. The highest BCUT2D eigenvalue weighted by molar-refractivity contribution is 5.94. The van der Waals surface area contributed by atoms with Crippen molar-refractivity contribution in [1.29, 1.82) is 0 Å². The molecule has 5 nitrogen and oxygen atoms in total. The molecule has 0 saturated heterocycles. The van der Waals surface area contributed by atoms with Crippen molar-refractivity contribution in [2.24, 2.45) is 0 Å². The van der Waals surface area contributed by atoms with Crippen LogP contribution in [0.3, 0.4) is 0 Å². The maximum absolute atomic E-state index is 12.7. The summed E-state index contributed by atoms with van der Waals surface area (Å²) in [5.74, 6) is 1.46. The van der Waals surface area contributed by atoms with Gasteiger partial charge < -0.3 is 14.8 Å². The van der Waals surface area contributed by atoms with Crippen LogP contribution in [0.1, 0.15) is 17.5 Å². The van der Waals surface area contributed by atoms with Gasteiger partial charge in [-0.1, -0.05) is 30.3 Å². The fourth-order valence-electron chi connectivity index (χ4n) is 3.01. The SMILES string of the molecule is COc1cc(OC)c2c(c1)N(C(=O)NCc1ccccc1)CCC2. The highest BCUT2D eigenvalue weighted by Crippen LogP contribution is 2.38. The van der Waals surface area contributed by atoms with Crippen LogP contribution in [0.5, 0.6) is 11.5 Å². The minimum atomic E-state index is -0.102. The molecule has 0 aliphatic carbocycles. The first-order chi connectivity index (χ1) is 11.7. The Kier molecular flexibility index (Phi) is 4.89. The molecule has 5 heteroatoms. The zero-order valence-electron chi connectivity index (χ0n) is 14.0. The molecule has 126 valence electrons. The van der Waals surface area contributed by atoms with Crippen LogP contribution in [0, 0.1) is 0 Å². The van der Waals surface area contributed by atoms with E-state index in [-0.39, 0.29) is 6.03 Å². The first-order valence-corrected chi connectivity index (χ1v) is 8.07. The van der Waals surface area contributed by atoms with E-state index in [2.05, 4.69) is 5.32 Å². The van der Waals surface area contributed by atoms with Crippen molar-refractivity contribution in [2.75, 3.05) is 25.7 Å². The van der Waals surface area contributed by atoms with E-state index in [1.165, 1.54) is 0 Å². The summed E-state index contributed by atoms with van der Waals surface area (Å²) in [5.41, 5.74) is 2.99. The maximum atomic E-state index is 12.7. The molecule has 0 radical (unpaired) electrons. The molecule has 2 amide bonds. The number of nitrogens with zero attached hydrogens (tertiary/aromatic N) is 1. The highest BCUT2D eigenvalue weighted by Gasteiger charge is 2.26. The number of anilines is 1. The van der Waals surface area contributed by atoms with E-state index in [9.17, 15) is 4.79 Å². The third-order valence-corrected chi connectivity index (χ3v) is 4.25. The number of hydrogen-bond donors (Lipinski definition) is 1. The summed E-state index contributed by atoms with van der Waals surface area (Å²) in [4.78, 5) is 14.4. The van der Waals surface area contributed by atoms with Gasteiger partial charge >= 0.3 is 6.03 Å². The van der Waals surface area contributed by atoms with Crippen LogP contribution < -0.4 is 19.7 Å². The van der Waals surface area contributed by atoms with Gasteiger partial charge in [-0.05, 0) is 18.4 Å². The molecule has 0 spiro atoms. The minimum Gasteiger partial charge on any atom is -0.497 e. The van der Waals surface area contributed by atoms with Crippen LogP contribution in [0.4, 0.5) is 10.5 Å². The molecule has 24 heavy (non-hydrogen) atoms. The van der Waals surface area contributed by atoms with Gasteiger partial charge in [-0.25, -0.2) is 4.79 Å². The Labute approximate surface area is 142 Å². The molecule has 0 bridgehead atoms. The molecule has 0 atom stereocenters. The van der Waals surface area contributed by atoms with Crippen LogP contribution in [0.15, 0.2) is 42.5 Å². The zero-order valence-corrected chi connectivity index (χ0v) is 14.0. The first-order valence-electron chi connectivity index (χ1n) is 8.07. The van der Waals surface area contributed by atoms with Crippen molar-refractivity contribution in [3.63, 3.8) is 0 Å². The maximum Gasteiger partial charge on any atom is 0.322 e. The molecular formula is C19H22N2O3. The van der Waals surface area contributed by atoms with Crippen LogP contribution in [-0.2, 0) is 13.0 Å². The normalized spacial score (nSPS) is 13.2. The number of hydrogen-bond acceptors (Lipinski definition) is 3. The van der Waals surface area contributed by atoms with Crippen LogP contribution >= 0.6 is 0 Å². The lowest BCUT2D eigenvalue weighted by molar-refractivity contribution is 0.245. The molecule has 1 aliphatic heterocycles. The second-order valence-electron chi connectivity index (χ2n) is 5.73. The van der Waals surface area contributed by atoms with Crippen molar-refractivity contribution in [1.82, 2.24) is 5.32 Å². The zero-order chi connectivity index (χ0) is 16.9. The lowest BCUT2D eigenvalue weighted by atomic mass is 10.0. The molecule has 2 aromatic carbocycles. The molecule has 3 rings (SSSR count). The average molecular weight is 326 g/mol. The van der Waals surface area contributed by atoms with E-state index in [0.29, 0.717) is 18.8 Å². The van der Waals surface area contributed by atoms with E-state index in [1.807, 2.05) is 42.5 Å². The second-order valence-corrected chi connectivity index (χ2v) is 5.73. The van der Waals surface area contributed by atoms with Crippen molar-refractivity contribution in [3.05, 3.63) is 53.6 Å². The van der Waals surface area contributed by atoms with Crippen LogP contribution in [0.2, 0.25) is 0 Å². The third kappa shape index (κ3) is 3.30.